The minimum Gasteiger partial charge on any atom is -0.471 e. The van der Waals surface area contributed by atoms with Crippen LogP contribution in [0.25, 0.3) is 10.8 Å². The molecule has 122 valence electrons. The number of benzene rings is 3. The molecular weight excluding hydrogens is 324 g/mol. The van der Waals surface area contributed by atoms with Crippen LogP contribution in [-0.4, -0.2) is 12.3 Å². The van der Waals surface area contributed by atoms with Crippen LogP contribution in [0.4, 0.5) is 10.5 Å². The van der Waals surface area contributed by atoms with Crippen LogP contribution in [0, 0.1) is 0 Å². The number of amides is 2. The maximum atomic E-state index is 12.1. The van der Waals surface area contributed by atoms with Crippen molar-refractivity contribution < 1.29 is 9.53 Å². The zero-order valence-electron chi connectivity index (χ0n) is 13.1. The first-order valence-corrected chi connectivity index (χ1v) is 7.96. The van der Waals surface area contributed by atoms with Gasteiger partial charge in [-0.25, -0.2) is 4.79 Å². The van der Waals surface area contributed by atoms with E-state index in [1.807, 2.05) is 42.5 Å². The number of nitrogens with one attached hydrogen (secondary N) is 2. The molecule has 0 saturated carbocycles. The van der Waals surface area contributed by atoms with Crippen LogP contribution in [0.2, 0.25) is 5.02 Å². The van der Waals surface area contributed by atoms with E-state index in [-0.39, 0.29) is 6.03 Å². The number of fused-ring (bicyclic) bond motifs is 1. The molecule has 3 aromatic carbocycles. The molecule has 0 aliphatic rings. The van der Waals surface area contributed by atoms with Gasteiger partial charge in [-0.15, -0.1) is 0 Å². The SMILES string of the molecule is CC(NC(=O)Nc1ccc2ccccc2c1)Oc1ccc(Cl)cc1. The molecule has 0 heterocycles. The fourth-order valence-corrected chi connectivity index (χ4v) is 2.49. The molecule has 0 aliphatic heterocycles. The average Bonchev–Trinajstić information content (AvgIpc) is 2.56. The molecule has 5 heteroatoms. The van der Waals surface area contributed by atoms with Crippen LogP contribution in [0.1, 0.15) is 6.92 Å². The molecule has 3 aromatic rings. The molecule has 0 saturated heterocycles. The number of carbonyl (C=O) groups excluding carboxylic acids is 1. The fraction of sp³-hybridized carbons (Fsp3) is 0.105. The molecule has 4 nitrogen and oxygen atoms in total. The standard InChI is InChI=1S/C19H17ClN2O2/c1-13(24-18-10-7-16(20)8-11-18)21-19(23)22-17-9-6-14-4-2-3-5-15(14)12-17/h2-13H,1H3,(H2,21,22,23). The summed E-state index contributed by atoms with van der Waals surface area (Å²) in [5.41, 5.74) is 0.727. The van der Waals surface area contributed by atoms with Crippen molar-refractivity contribution in [3.05, 3.63) is 71.8 Å². The Kier molecular flexibility index (Phi) is 4.87. The molecule has 0 fully saturated rings. The second kappa shape index (κ2) is 7.23. The Bertz CT molecular complexity index is 849. The fourth-order valence-electron chi connectivity index (χ4n) is 2.37. The summed E-state index contributed by atoms with van der Waals surface area (Å²) in [6.07, 6.45) is -0.480. The van der Waals surface area contributed by atoms with Gasteiger partial charge in [0.1, 0.15) is 5.75 Å². The predicted molar refractivity (Wildman–Crippen MR) is 97.6 cm³/mol. The van der Waals surface area contributed by atoms with E-state index in [2.05, 4.69) is 10.6 Å². The summed E-state index contributed by atoms with van der Waals surface area (Å²) in [6.45, 7) is 1.76. The Morgan fingerprint density at radius 2 is 1.71 bits per heavy atom. The summed E-state index contributed by atoms with van der Waals surface area (Å²) in [5, 5.41) is 8.38. The van der Waals surface area contributed by atoms with Gasteiger partial charge in [-0.1, -0.05) is 41.9 Å². The highest BCUT2D eigenvalue weighted by Crippen LogP contribution is 2.19. The quantitative estimate of drug-likeness (QED) is 0.654. The second-order valence-electron chi connectivity index (χ2n) is 5.37. The van der Waals surface area contributed by atoms with Crippen LogP contribution in [0.15, 0.2) is 66.7 Å². The normalized spacial score (nSPS) is 11.8. The van der Waals surface area contributed by atoms with E-state index >= 15 is 0 Å². The summed E-state index contributed by atoms with van der Waals surface area (Å²) in [5.74, 6) is 0.637. The lowest BCUT2D eigenvalue weighted by atomic mass is 10.1. The number of hydrogen-bond acceptors (Lipinski definition) is 2. The first-order valence-electron chi connectivity index (χ1n) is 7.59. The molecule has 2 N–H and O–H groups in total. The van der Waals surface area contributed by atoms with Crippen molar-refractivity contribution in [2.75, 3.05) is 5.32 Å². The van der Waals surface area contributed by atoms with Crippen molar-refractivity contribution in [1.29, 1.82) is 0 Å². The molecule has 24 heavy (non-hydrogen) atoms. The lowest BCUT2D eigenvalue weighted by Gasteiger charge is -2.17. The van der Waals surface area contributed by atoms with Crippen molar-refractivity contribution in [2.24, 2.45) is 0 Å². The Morgan fingerprint density at radius 3 is 2.46 bits per heavy atom. The van der Waals surface area contributed by atoms with E-state index in [4.69, 9.17) is 16.3 Å². The van der Waals surface area contributed by atoms with E-state index in [1.54, 1.807) is 31.2 Å². The predicted octanol–water partition coefficient (Wildman–Crippen LogP) is 5.04. The number of halogens is 1. The third kappa shape index (κ3) is 4.18. The molecule has 1 atom stereocenters. The molecule has 3 rings (SSSR count). The van der Waals surface area contributed by atoms with Crippen LogP contribution >= 0.6 is 11.6 Å². The van der Waals surface area contributed by atoms with Crippen LogP contribution in [-0.2, 0) is 0 Å². The molecule has 2 amide bonds. The second-order valence-corrected chi connectivity index (χ2v) is 5.81. The van der Waals surface area contributed by atoms with Crippen LogP contribution in [0.3, 0.4) is 0 Å². The number of hydrogen-bond donors (Lipinski definition) is 2. The lowest BCUT2D eigenvalue weighted by Crippen LogP contribution is -2.39. The minimum absolute atomic E-state index is 0.327. The van der Waals surface area contributed by atoms with Crippen LogP contribution in [0.5, 0.6) is 5.75 Å². The molecule has 1 unspecified atom stereocenters. The highest BCUT2D eigenvalue weighted by Gasteiger charge is 2.09. The van der Waals surface area contributed by atoms with Gasteiger partial charge in [0.2, 0.25) is 0 Å². The minimum atomic E-state index is -0.480. The monoisotopic (exact) mass is 340 g/mol. The Hall–Kier alpha value is -2.72. The van der Waals surface area contributed by atoms with Crippen molar-refractivity contribution in [1.82, 2.24) is 5.32 Å². The van der Waals surface area contributed by atoms with Gasteiger partial charge in [-0.05, 0) is 54.1 Å². The zero-order valence-corrected chi connectivity index (χ0v) is 13.9. The van der Waals surface area contributed by atoms with E-state index in [1.165, 1.54) is 0 Å². The maximum Gasteiger partial charge on any atom is 0.322 e. The van der Waals surface area contributed by atoms with E-state index < -0.39 is 6.23 Å². The Balaban J connectivity index is 1.58. The van der Waals surface area contributed by atoms with Gasteiger partial charge in [-0.2, -0.15) is 0 Å². The zero-order chi connectivity index (χ0) is 16.9. The smallest absolute Gasteiger partial charge is 0.322 e. The number of rotatable bonds is 4. The van der Waals surface area contributed by atoms with Gasteiger partial charge in [0.15, 0.2) is 6.23 Å². The first-order chi connectivity index (χ1) is 11.6. The Morgan fingerprint density at radius 1 is 1.00 bits per heavy atom. The van der Waals surface area contributed by atoms with E-state index in [0.29, 0.717) is 10.8 Å². The van der Waals surface area contributed by atoms with Gasteiger partial charge in [0, 0.05) is 10.7 Å². The van der Waals surface area contributed by atoms with Gasteiger partial charge >= 0.3 is 6.03 Å². The summed E-state index contributed by atoms with van der Waals surface area (Å²) in [4.78, 5) is 12.1. The number of anilines is 1. The number of urea groups is 1. The molecule has 0 radical (unpaired) electrons. The molecule has 0 aliphatic carbocycles. The lowest BCUT2D eigenvalue weighted by molar-refractivity contribution is 0.183. The maximum absolute atomic E-state index is 12.1. The number of ether oxygens (including phenoxy) is 1. The molecule has 0 aromatic heterocycles. The summed E-state index contributed by atoms with van der Waals surface area (Å²) in [6, 6.07) is 20.4. The average molecular weight is 341 g/mol. The van der Waals surface area contributed by atoms with Crippen molar-refractivity contribution >= 4 is 34.1 Å². The highest BCUT2D eigenvalue weighted by atomic mass is 35.5. The summed E-state index contributed by atoms with van der Waals surface area (Å²) in [7, 11) is 0. The molecular formula is C19H17ClN2O2. The molecule has 0 bridgehead atoms. The van der Waals surface area contributed by atoms with Crippen molar-refractivity contribution in [3.63, 3.8) is 0 Å². The summed E-state index contributed by atoms with van der Waals surface area (Å²) < 4.78 is 5.62. The van der Waals surface area contributed by atoms with Crippen molar-refractivity contribution in [2.45, 2.75) is 13.2 Å². The third-order valence-electron chi connectivity index (χ3n) is 3.47. The topological polar surface area (TPSA) is 50.4 Å². The van der Waals surface area contributed by atoms with Gasteiger partial charge in [0.25, 0.3) is 0 Å². The number of carbonyl (C=O) groups is 1. The van der Waals surface area contributed by atoms with Crippen molar-refractivity contribution in [3.8, 4) is 5.75 Å². The van der Waals surface area contributed by atoms with E-state index in [0.717, 1.165) is 16.5 Å². The highest BCUT2D eigenvalue weighted by molar-refractivity contribution is 6.30. The molecule has 0 spiro atoms. The van der Waals surface area contributed by atoms with Gasteiger partial charge < -0.3 is 15.4 Å². The van der Waals surface area contributed by atoms with Gasteiger partial charge in [0.05, 0.1) is 0 Å². The summed E-state index contributed by atoms with van der Waals surface area (Å²) >= 11 is 5.83. The van der Waals surface area contributed by atoms with Gasteiger partial charge in [-0.3, -0.25) is 0 Å². The Labute approximate surface area is 145 Å². The first kappa shape index (κ1) is 16.1. The third-order valence-corrected chi connectivity index (χ3v) is 3.72. The largest absolute Gasteiger partial charge is 0.471 e. The van der Waals surface area contributed by atoms with Crippen LogP contribution < -0.4 is 15.4 Å². The van der Waals surface area contributed by atoms with E-state index in [9.17, 15) is 4.79 Å².